The zero-order chi connectivity index (χ0) is 11.5. The van der Waals surface area contributed by atoms with Crippen LogP contribution in [0.5, 0.6) is 0 Å². The van der Waals surface area contributed by atoms with E-state index in [1.807, 2.05) is 6.92 Å². The Bertz CT molecular complexity index is 501. The number of imidazole rings is 1. The molecule has 0 spiro atoms. The average Bonchev–Trinajstić information content (AvgIpc) is 2.86. The van der Waals surface area contributed by atoms with Gasteiger partial charge >= 0.3 is 12.0 Å². The molecular weight excluding hydrogens is 210 g/mol. The Morgan fingerprint density at radius 3 is 3.06 bits per heavy atom. The summed E-state index contributed by atoms with van der Waals surface area (Å²) in [6.45, 7) is 3.86. The van der Waals surface area contributed by atoms with Crippen LogP contribution in [0.15, 0.2) is 23.1 Å². The number of carbonyl (C=O) groups excluding carboxylic acids is 1. The largest absolute Gasteiger partial charge is 0.461 e. The lowest BCUT2D eigenvalue weighted by molar-refractivity contribution is 0.0519. The molecule has 2 heterocycles. The molecule has 2 rings (SSSR count). The Labute approximate surface area is 91.9 Å². The van der Waals surface area contributed by atoms with Gasteiger partial charge in [-0.05, 0) is 13.8 Å². The Hall–Kier alpha value is -2.11. The minimum Gasteiger partial charge on any atom is -0.461 e. The smallest absolute Gasteiger partial charge is 0.360 e. The number of rotatable bonds is 3. The van der Waals surface area contributed by atoms with E-state index in [4.69, 9.17) is 9.15 Å². The van der Waals surface area contributed by atoms with Gasteiger partial charge in [-0.15, -0.1) is 0 Å². The third-order valence-corrected chi connectivity index (χ3v) is 2.01. The van der Waals surface area contributed by atoms with E-state index >= 15 is 0 Å². The van der Waals surface area contributed by atoms with Crippen molar-refractivity contribution in [2.45, 2.75) is 13.8 Å². The van der Waals surface area contributed by atoms with Gasteiger partial charge in [0.1, 0.15) is 12.1 Å². The van der Waals surface area contributed by atoms with Crippen molar-refractivity contribution < 1.29 is 13.9 Å². The number of hydrogen-bond donors (Lipinski definition) is 0. The van der Waals surface area contributed by atoms with E-state index in [9.17, 15) is 4.79 Å². The van der Waals surface area contributed by atoms with Crippen molar-refractivity contribution in [3.8, 4) is 6.01 Å². The summed E-state index contributed by atoms with van der Waals surface area (Å²) in [6, 6.07) is 0.304. The fourth-order valence-electron chi connectivity index (χ4n) is 1.25. The molecule has 6 nitrogen and oxygen atoms in total. The van der Waals surface area contributed by atoms with Crippen LogP contribution in [0.1, 0.15) is 23.2 Å². The number of esters is 1. The molecule has 84 valence electrons. The molecule has 0 N–H and O–H groups in total. The highest BCUT2D eigenvalue weighted by atomic mass is 16.5. The molecule has 0 atom stereocenters. The fraction of sp³-hybridized carbons (Fsp3) is 0.300. The van der Waals surface area contributed by atoms with Gasteiger partial charge in [-0.2, -0.15) is 4.98 Å². The third kappa shape index (κ3) is 1.81. The van der Waals surface area contributed by atoms with E-state index in [1.165, 1.54) is 6.26 Å². The molecule has 16 heavy (non-hydrogen) atoms. The summed E-state index contributed by atoms with van der Waals surface area (Å²) in [6.07, 6.45) is 4.60. The number of aromatic nitrogens is 3. The molecule has 0 aliphatic heterocycles. The van der Waals surface area contributed by atoms with Gasteiger partial charge in [0.15, 0.2) is 5.69 Å². The minimum absolute atomic E-state index is 0.157. The SMILES string of the molecule is CCOC(=O)c1coc(-n2ccnc2C)n1. The van der Waals surface area contributed by atoms with Crippen LogP contribution in [-0.2, 0) is 4.74 Å². The Balaban J connectivity index is 2.26. The number of ether oxygens (including phenoxy) is 1. The lowest BCUT2D eigenvalue weighted by Crippen LogP contribution is -2.05. The summed E-state index contributed by atoms with van der Waals surface area (Å²) >= 11 is 0. The third-order valence-electron chi connectivity index (χ3n) is 2.01. The highest BCUT2D eigenvalue weighted by Crippen LogP contribution is 2.10. The van der Waals surface area contributed by atoms with Crippen molar-refractivity contribution >= 4 is 5.97 Å². The van der Waals surface area contributed by atoms with E-state index in [1.54, 1.807) is 23.9 Å². The Morgan fingerprint density at radius 2 is 2.44 bits per heavy atom. The Kier molecular flexibility index (Phi) is 2.72. The first-order valence-corrected chi connectivity index (χ1v) is 4.85. The van der Waals surface area contributed by atoms with Crippen molar-refractivity contribution in [2.24, 2.45) is 0 Å². The van der Waals surface area contributed by atoms with Gasteiger partial charge in [-0.3, -0.25) is 4.57 Å². The van der Waals surface area contributed by atoms with Gasteiger partial charge < -0.3 is 9.15 Å². The monoisotopic (exact) mass is 221 g/mol. The predicted octanol–water partition coefficient (Wildman–Crippen LogP) is 1.35. The summed E-state index contributed by atoms with van der Waals surface area (Å²) in [7, 11) is 0. The molecule has 6 heteroatoms. The van der Waals surface area contributed by atoms with Crippen LogP contribution in [0.4, 0.5) is 0 Å². The van der Waals surface area contributed by atoms with Gasteiger partial charge in [-0.1, -0.05) is 0 Å². The molecule has 2 aromatic heterocycles. The summed E-state index contributed by atoms with van der Waals surface area (Å²) in [5, 5.41) is 0. The first-order chi connectivity index (χ1) is 7.72. The van der Waals surface area contributed by atoms with E-state index in [0.717, 1.165) is 5.82 Å². The molecule has 0 saturated carbocycles. The van der Waals surface area contributed by atoms with Crippen molar-refractivity contribution in [3.05, 3.63) is 30.2 Å². The average molecular weight is 221 g/mol. The van der Waals surface area contributed by atoms with Crippen molar-refractivity contribution in [3.63, 3.8) is 0 Å². The highest BCUT2D eigenvalue weighted by molar-refractivity contribution is 5.86. The number of hydrogen-bond acceptors (Lipinski definition) is 5. The van der Waals surface area contributed by atoms with Crippen LogP contribution in [0, 0.1) is 6.92 Å². The molecule has 0 radical (unpaired) electrons. The van der Waals surface area contributed by atoms with Crippen LogP contribution >= 0.6 is 0 Å². The molecule has 0 aliphatic rings. The normalized spacial score (nSPS) is 10.4. The van der Waals surface area contributed by atoms with E-state index in [-0.39, 0.29) is 5.69 Å². The molecular formula is C10H11N3O3. The summed E-state index contributed by atoms with van der Waals surface area (Å²) in [5.74, 6) is 0.243. The lowest BCUT2D eigenvalue weighted by Gasteiger charge is -1.97. The topological polar surface area (TPSA) is 70.2 Å². The first-order valence-electron chi connectivity index (χ1n) is 4.85. The molecule has 2 aromatic rings. The maximum Gasteiger partial charge on any atom is 0.360 e. The summed E-state index contributed by atoms with van der Waals surface area (Å²) in [5.41, 5.74) is 0.157. The van der Waals surface area contributed by atoms with E-state index in [0.29, 0.717) is 12.6 Å². The molecule has 0 unspecified atom stereocenters. The summed E-state index contributed by atoms with van der Waals surface area (Å²) < 4.78 is 11.6. The number of carbonyl (C=O) groups is 1. The number of oxazole rings is 1. The molecule has 0 bridgehead atoms. The van der Waals surface area contributed by atoms with Crippen molar-refractivity contribution in [2.75, 3.05) is 6.61 Å². The zero-order valence-corrected chi connectivity index (χ0v) is 9.01. The van der Waals surface area contributed by atoms with Crippen molar-refractivity contribution in [1.82, 2.24) is 14.5 Å². The summed E-state index contributed by atoms with van der Waals surface area (Å²) in [4.78, 5) is 19.4. The predicted molar refractivity (Wildman–Crippen MR) is 54.3 cm³/mol. The molecule has 0 fully saturated rings. The van der Waals surface area contributed by atoms with E-state index < -0.39 is 5.97 Å². The van der Waals surface area contributed by atoms with Crippen LogP contribution in [0.2, 0.25) is 0 Å². The quantitative estimate of drug-likeness (QED) is 0.731. The second kappa shape index (κ2) is 4.18. The second-order valence-corrected chi connectivity index (χ2v) is 3.08. The zero-order valence-electron chi connectivity index (χ0n) is 9.01. The van der Waals surface area contributed by atoms with Gasteiger partial charge in [0.25, 0.3) is 0 Å². The molecule has 0 aromatic carbocycles. The molecule has 0 aliphatic carbocycles. The highest BCUT2D eigenvalue weighted by Gasteiger charge is 2.14. The minimum atomic E-state index is -0.490. The van der Waals surface area contributed by atoms with Gasteiger partial charge in [0, 0.05) is 12.4 Å². The van der Waals surface area contributed by atoms with Crippen LogP contribution in [-0.4, -0.2) is 27.1 Å². The van der Waals surface area contributed by atoms with Gasteiger partial charge in [0.05, 0.1) is 6.61 Å². The maximum absolute atomic E-state index is 11.3. The van der Waals surface area contributed by atoms with Crippen molar-refractivity contribution in [1.29, 1.82) is 0 Å². The molecule has 0 amide bonds. The van der Waals surface area contributed by atoms with Gasteiger partial charge in [-0.25, -0.2) is 9.78 Å². The van der Waals surface area contributed by atoms with Crippen LogP contribution in [0.25, 0.3) is 6.01 Å². The number of aryl methyl sites for hydroxylation is 1. The Morgan fingerprint density at radius 1 is 1.62 bits per heavy atom. The molecule has 0 saturated heterocycles. The maximum atomic E-state index is 11.3. The second-order valence-electron chi connectivity index (χ2n) is 3.08. The van der Waals surface area contributed by atoms with Crippen LogP contribution < -0.4 is 0 Å². The fourth-order valence-corrected chi connectivity index (χ4v) is 1.25. The first kappa shape index (κ1) is 10.4. The number of nitrogens with zero attached hydrogens (tertiary/aromatic N) is 3. The standard InChI is InChI=1S/C10H11N3O3/c1-3-15-9(14)8-6-16-10(12-8)13-5-4-11-7(13)2/h4-6H,3H2,1-2H3. The lowest BCUT2D eigenvalue weighted by atomic mass is 10.5. The van der Waals surface area contributed by atoms with Crippen LogP contribution in [0.3, 0.4) is 0 Å². The van der Waals surface area contributed by atoms with Gasteiger partial charge in [0.2, 0.25) is 0 Å². The van der Waals surface area contributed by atoms with E-state index in [2.05, 4.69) is 9.97 Å².